The van der Waals surface area contributed by atoms with Gasteiger partial charge < -0.3 is 46.7 Å². The summed E-state index contributed by atoms with van der Waals surface area (Å²) in [6.07, 6.45) is -11.2. The molecule has 0 saturated carbocycles. The molecule has 3 saturated heterocycles. The molecule has 0 N–H and O–H groups in total. The quantitative estimate of drug-likeness (QED) is 0.0658. The van der Waals surface area contributed by atoms with E-state index in [4.69, 9.17) is 46.7 Å². The van der Waals surface area contributed by atoms with Gasteiger partial charge in [-0.05, 0) is 42.0 Å². The predicted molar refractivity (Wildman–Crippen MR) is 238 cm³/mol. The largest absolute Gasteiger partial charge is 0.463 e. The lowest BCUT2D eigenvalue weighted by atomic mass is 10.0. The van der Waals surface area contributed by atoms with Crippen LogP contribution < -0.4 is 0 Å². The van der Waals surface area contributed by atoms with Crippen molar-refractivity contribution in [2.24, 2.45) is 0 Å². The van der Waals surface area contributed by atoms with E-state index in [2.05, 4.69) is 41.5 Å². The van der Waals surface area contributed by atoms with Gasteiger partial charge in [0, 0.05) is 17.0 Å². The molecule has 350 valence electrons. The normalized spacial score (nSPS) is 25.2. The summed E-state index contributed by atoms with van der Waals surface area (Å²) in [5, 5.41) is -1.02. The summed E-state index contributed by atoms with van der Waals surface area (Å²) in [4.78, 5) is 67.1. The van der Waals surface area contributed by atoms with E-state index in [0.29, 0.717) is 0 Å². The molecule has 4 aromatic rings. The van der Waals surface area contributed by atoms with E-state index in [-0.39, 0.29) is 29.9 Å². The summed E-state index contributed by atoms with van der Waals surface area (Å²) in [6.45, 7) is 13.1. The summed E-state index contributed by atoms with van der Waals surface area (Å²) in [5.41, 5.74) is 1.27. The van der Waals surface area contributed by atoms with Gasteiger partial charge in [0.1, 0.15) is 31.0 Å². The van der Waals surface area contributed by atoms with Crippen LogP contribution >= 0.6 is 0 Å². The molecule has 0 radical (unpaired) electrons. The molecule has 66 heavy (non-hydrogen) atoms. The van der Waals surface area contributed by atoms with Crippen molar-refractivity contribution < 1.29 is 70.7 Å². The van der Waals surface area contributed by atoms with Crippen molar-refractivity contribution in [3.05, 3.63) is 144 Å². The van der Waals surface area contributed by atoms with E-state index in [1.807, 2.05) is 30.3 Å². The van der Waals surface area contributed by atoms with Crippen LogP contribution in [0.4, 0.5) is 0 Å². The van der Waals surface area contributed by atoms with E-state index < -0.39 is 110 Å². The maximum atomic E-state index is 13.9. The van der Waals surface area contributed by atoms with E-state index in [1.54, 1.807) is 54.6 Å². The van der Waals surface area contributed by atoms with Crippen LogP contribution in [-0.4, -0.2) is 107 Å². The number of fused-ring (bicyclic) bond motifs is 1. The highest BCUT2D eigenvalue weighted by Gasteiger charge is 2.68. The Morgan fingerprint density at radius 2 is 1.15 bits per heavy atom. The summed E-state index contributed by atoms with van der Waals surface area (Å²) >= 11 is 0. The molecule has 2 unspecified atom stereocenters. The van der Waals surface area contributed by atoms with Crippen molar-refractivity contribution in [1.82, 2.24) is 0 Å². The van der Waals surface area contributed by atoms with Crippen LogP contribution in [0.3, 0.4) is 0 Å². The van der Waals surface area contributed by atoms with Crippen molar-refractivity contribution in [2.45, 2.75) is 120 Å². The third kappa shape index (κ3) is 10.8. The standard InChI is InChI=1S/C50H56O15Si/c1-31(51)56-30-37-39-41(65-66(64-37,49(2,3)4)50(5,6)7)43(57-28-32-20-12-8-13-21-32)48(63-39)58-29-36(59-44(52)33-22-14-9-15-23-33)38-40(61-45(53)34-24-16-10-17-25-34)42(47(55)60-38)62-46(54)35-26-18-11-19-27-35/h8-27,36-43,48H,28-30H2,1-7H3/t36?,37-,38+,39+,40+,41+,42-,43-,48?/m1/s1. The first kappa shape index (κ1) is 48.2. The second-order valence-corrected chi connectivity index (χ2v) is 23.1. The molecule has 0 bridgehead atoms. The monoisotopic (exact) mass is 924 g/mol. The molecular weight excluding hydrogens is 869 g/mol. The van der Waals surface area contributed by atoms with Crippen LogP contribution in [0.15, 0.2) is 121 Å². The fraction of sp³-hybridized carbons (Fsp3) is 0.420. The molecule has 0 aromatic heterocycles. The zero-order valence-corrected chi connectivity index (χ0v) is 39.0. The highest BCUT2D eigenvalue weighted by Crippen LogP contribution is 2.57. The molecule has 3 heterocycles. The minimum absolute atomic E-state index is 0.120. The zero-order chi connectivity index (χ0) is 47.2. The Kier molecular flexibility index (Phi) is 14.9. The van der Waals surface area contributed by atoms with Gasteiger partial charge in [0.05, 0.1) is 29.9 Å². The third-order valence-electron chi connectivity index (χ3n) is 11.6. The second-order valence-electron chi connectivity index (χ2n) is 18.4. The molecule has 3 aliphatic rings. The summed E-state index contributed by atoms with van der Waals surface area (Å²) in [6, 6.07) is 33.5. The first-order valence-corrected chi connectivity index (χ1v) is 23.7. The molecule has 0 aliphatic carbocycles. The van der Waals surface area contributed by atoms with E-state index in [0.717, 1.165) is 5.56 Å². The molecule has 15 nitrogen and oxygen atoms in total. The van der Waals surface area contributed by atoms with Crippen LogP contribution in [0, 0.1) is 0 Å². The number of carbonyl (C=O) groups excluding carboxylic acids is 5. The molecule has 3 fully saturated rings. The maximum Gasteiger partial charge on any atom is 0.352 e. The number of rotatable bonds is 15. The van der Waals surface area contributed by atoms with E-state index in [9.17, 15) is 24.0 Å². The maximum absolute atomic E-state index is 13.9. The second kappa shape index (κ2) is 20.4. The number of esters is 5. The molecule has 3 aliphatic heterocycles. The van der Waals surface area contributed by atoms with Gasteiger partial charge in [-0.3, -0.25) is 4.79 Å². The Bertz CT molecular complexity index is 2280. The number of hydrogen-bond acceptors (Lipinski definition) is 15. The average Bonchev–Trinajstić information content (AvgIpc) is 3.81. The average molecular weight is 925 g/mol. The first-order valence-electron chi connectivity index (χ1n) is 21.9. The van der Waals surface area contributed by atoms with Crippen molar-refractivity contribution >= 4 is 38.4 Å². The Labute approximate surface area is 385 Å². The fourth-order valence-electron chi connectivity index (χ4n) is 8.61. The van der Waals surface area contributed by atoms with Crippen LogP contribution in [0.5, 0.6) is 0 Å². The third-order valence-corrected chi connectivity index (χ3v) is 16.8. The van der Waals surface area contributed by atoms with Crippen LogP contribution in [0.25, 0.3) is 0 Å². The fourth-order valence-corrected chi connectivity index (χ4v) is 13.6. The lowest BCUT2D eigenvalue weighted by Gasteiger charge is -2.55. The molecule has 7 rings (SSSR count). The Morgan fingerprint density at radius 1 is 0.636 bits per heavy atom. The van der Waals surface area contributed by atoms with Gasteiger partial charge in [0.25, 0.3) is 0 Å². The Balaban J connectivity index is 1.25. The molecule has 16 heteroatoms. The molecule has 0 amide bonds. The van der Waals surface area contributed by atoms with E-state index in [1.165, 1.54) is 43.3 Å². The van der Waals surface area contributed by atoms with Gasteiger partial charge in [-0.2, -0.15) is 0 Å². The smallest absolute Gasteiger partial charge is 0.352 e. The molecule has 4 aromatic carbocycles. The minimum Gasteiger partial charge on any atom is -0.463 e. The van der Waals surface area contributed by atoms with E-state index >= 15 is 0 Å². The van der Waals surface area contributed by atoms with Gasteiger partial charge >= 0.3 is 38.4 Å². The number of benzene rings is 4. The highest BCUT2D eigenvalue weighted by molar-refractivity contribution is 6.73. The lowest BCUT2D eigenvalue weighted by Crippen LogP contribution is -2.68. The molecular formula is C50H56O15Si. The topological polar surface area (TPSA) is 178 Å². The number of ether oxygens (including phenoxy) is 8. The minimum atomic E-state index is -3.34. The summed E-state index contributed by atoms with van der Waals surface area (Å²) in [5.74, 6) is -4.12. The van der Waals surface area contributed by atoms with Gasteiger partial charge in [-0.15, -0.1) is 0 Å². The van der Waals surface area contributed by atoms with Crippen LogP contribution in [0.1, 0.15) is 85.1 Å². The summed E-state index contributed by atoms with van der Waals surface area (Å²) < 4.78 is 63.3. The Hall–Kier alpha value is -5.75. The van der Waals surface area contributed by atoms with Crippen molar-refractivity contribution in [3.8, 4) is 0 Å². The predicted octanol–water partition coefficient (Wildman–Crippen LogP) is 7.31. The van der Waals surface area contributed by atoms with Crippen molar-refractivity contribution in [2.75, 3.05) is 13.2 Å². The summed E-state index contributed by atoms with van der Waals surface area (Å²) in [7, 11) is -3.34. The van der Waals surface area contributed by atoms with Gasteiger partial charge in [-0.1, -0.05) is 126 Å². The zero-order valence-electron chi connectivity index (χ0n) is 38.0. The van der Waals surface area contributed by atoms with Gasteiger partial charge in [-0.25, -0.2) is 19.2 Å². The Morgan fingerprint density at radius 3 is 1.68 bits per heavy atom. The van der Waals surface area contributed by atoms with Crippen LogP contribution in [0.2, 0.25) is 10.1 Å². The first-order chi connectivity index (χ1) is 31.5. The van der Waals surface area contributed by atoms with Gasteiger partial charge in [0.2, 0.25) is 6.10 Å². The molecule has 9 atom stereocenters. The number of hydrogen-bond donors (Lipinski definition) is 0. The number of cyclic esters (lactones) is 1. The van der Waals surface area contributed by atoms with Crippen LogP contribution in [-0.2, 0) is 62.9 Å². The van der Waals surface area contributed by atoms with Crippen molar-refractivity contribution in [3.63, 3.8) is 0 Å². The van der Waals surface area contributed by atoms with Gasteiger partial charge in [0.15, 0.2) is 24.6 Å². The highest BCUT2D eigenvalue weighted by atomic mass is 28.4. The van der Waals surface area contributed by atoms with Crippen molar-refractivity contribution in [1.29, 1.82) is 0 Å². The SMILES string of the molecule is CC(=O)OC[C@H]1O[Si](C(C)(C)C)(C(C)(C)C)O[C@H]2[C@H]1OC(OCC(OC(=O)c1ccccc1)[C@@H]1OC(=O)[C@H](OC(=O)c3ccccc3)[C@H]1OC(=O)c1ccccc1)[C@@H]2OCc1ccccc1. The molecule has 0 spiro atoms. The number of carbonyl (C=O) groups is 5. The lowest BCUT2D eigenvalue weighted by molar-refractivity contribution is -0.209.